The van der Waals surface area contributed by atoms with Gasteiger partial charge in [0.15, 0.2) is 17.4 Å². The summed E-state index contributed by atoms with van der Waals surface area (Å²) in [6, 6.07) is 0.512. The van der Waals surface area contributed by atoms with Crippen molar-refractivity contribution in [2.75, 3.05) is 13.2 Å². The fourth-order valence-electron chi connectivity index (χ4n) is 1.47. The van der Waals surface area contributed by atoms with Gasteiger partial charge in [-0.25, -0.2) is 8.78 Å². The van der Waals surface area contributed by atoms with Crippen molar-refractivity contribution >= 4 is 0 Å². The maximum atomic E-state index is 13.2. The predicted molar refractivity (Wildman–Crippen MR) is 64.1 cm³/mol. The number of unbranched alkanes of at least 4 members (excludes halogenated alkanes) is 1. The van der Waals surface area contributed by atoms with E-state index < -0.39 is 29.0 Å². The van der Waals surface area contributed by atoms with Gasteiger partial charge in [-0.2, -0.15) is 8.78 Å². The minimum Gasteiger partial charge on any atom is -0.487 e. The lowest BCUT2D eigenvalue weighted by Gasteiger charge is -2.10. The van der Waals surface area contributed by atoms with E-state index in [-0.39, 0.29) is 12.7 Å². The maximum absolute atomic E-state index is 13.2. The summed E-state index contributed by atoms with van der Waals surface area (Å²) in [5, 5.41) is 3.16. The van der Waals surface area contributed by atoms with Gasteiger partial charge >= 0.3 is 0 Å². The Balaban J connectivity index is 2.45. The third kappa shape index (κ3) is 4.70. The molecular formula is C13H17F4NO. The molecule has 0 saturated carbocycles. The van der Waals surface area contributed by atoms with Crippen LogP contribution < -0.4 is 10.1 Å². The van der Waals surface area contributed by atoms with Gasteiger partial charge in [-0.1, -0.05) is 13.8 Å². The molecule has 1 aromatic carbocycles. The highest BCUT2D eigenvalue weighted by Crippen LogP contribution is 2.26. The maximum Gasteiger partial charge on any atom is 0.203 e. The van der Waals surface area contributed by atoms with Crippen molar-refractivity contribution in [3.05, 3.63) is 29.3 Å². The number of hydrogen-bond donors (Lipinski definition) is 1. The first-order valence-electron chi connectivity index (χ1n) is 6.12. The largest absolute Gasteiger partial charge is 0.487 e. The van der Waals surface area contributed by atoms with Gasteiger partial charge in [0.05, 0.1) is 6.61 Å². The zero-order valence-corrected chi connectivity index (χ0v) is 10.9. The number of nitrogens with one attached hydrogen (secondary N) is 1. The molecule has 0 aliphatic heterocycles. The molecule has 0 aliphatic rings. The lowest BCUT2D eigenvalue weighted by atomic mass is 10.2. The van der Waals surface area contributed by atoms with E-state index in [9.17, 15) is 17.6 Å². The van der Waals surface area contributed by atoms with Gasteiger partial charge in [-0.05, 0) is 19.4 Å². The first-order valence-corrected chi connectivity index (χ1v) is 6.12. The minimum atomic E-state index is -1.50. The van der Waals surface area contributed by atoms with Gasteiger partial charge in [-0.15, -0.1) is 0 Å². The Morgan fingerprint density at radius 1 is 1.05 bits per heavy atom. The van der Waals surface area contributed by atoms with E-state index in [0.717, 1.165) is 13.0 Å². The van der Waals surface area contributed by atoms with Crippen molar-refractivity contribution in [1.29, 1.82) is 0 Å². The Labute approximate surface area is 109 Å². The van der Waals surface area contributed by atoms with E-state index in [2.05, 4.69) is 5.32 Å². The quantitative estimate of drug-likeness (QED) is 0.469. The summed E-state index contributed by atoms with van der Waals surface area (Å²) in [5.41, 5.74) is 0. The first-order chi connectivity index (χ1) is 8.93. The van der Waals surface area contributed by atoms with Crippen LogP contribution in [0.1, 0.15) is 26.7 Å². The molecule has 108 valence electrons. The molecule has 0 aromatic heterocycles. The summed E-state index contributed by atoms with van der Waals surface area (Å²) in [7, 11) is 0. The lowest BCUT2D eigenvalue weighted by molar-refractivity contribution is 0.264. The Morgan fingerprint density at radius 3 is 2.16 bits per heavy atom. The Hall–Kier alpha value is -1.30. The zero-order valence-electron chi connectivity index (χ0n) is 10.9. The second kappa shape index (κ2) is 7.33. The molecule has 1 rings (SSSR count). The van der Waals surface area contributed by atoms with E-state index in [0.29, 0.717) is 12.5 Å². The Bertz CT molecular complexity index is 397. The van der Waals surface area contributed by atoms with Crippen molar-refractivity contribution in [2.45, 2.75) is 32.7 Å². The first kappa shape index (κ1) is 15.8. The fourth-order valence-corrected chi connectivity index (χ4v) is 1.47. The average Bonchev–Trinajstić information content (AvgIpc) is 2.34. The van der Waals surface area contributed by atoms with Crippen LogP contribution in [-0.4, -0.2) is 19.2 Å². The van der Waals surface area contributed by atoms with E-state index >= 15 is 0 Å². The molecule has 1 N–H and O–H groups in total. The van der Waals surface area contributed by atoms with Crippen molar-refractivity contribution in [3.63, 3.8) is 0 Å². The molecule has 0 amide bonds. The van der Waals surface area contributed by atoms with Gasteiger partial charge in [0.2, 0.25) is 11.6 Å². The average molecular weight is 279 g/mol. The van der Waals surface area contributed by atoms with E-state index in [4.69, 9.17) is 4.74 Å². The van der Waals surface area contributed by atoms with Crippen LogP contribution in [0.4, 0.5) is 17.6 Å². The fraction of sp³-hybridized carbons (Fsp3) is 0.538. The molecule has 0 fully saturated rings. The summed E-state index contributed by atoms with van der Waals surface area (Å²) < 4.78 is 56.9. The summed E-state index contributed by atoms with van der Waals surface area (Å²) >= 11 is 0. The van der Waals surface area contributed by atoms with Crippen molar-refractivity contribution in [3.8, 4) is 5.75 Å². The molecule has 1 aromatic rings. The molecule has 0 heterocycles. The summed E-state index contributed by atoms with van der Waals surface area (Å²) in [6.07, 6.45) is 1.26. The topological polar surface area (TPSA) is 21.3 Å². The third-order valence-electron chi connectivity index (χ3n) is 2.44. The van der Waals surface area contributed by atoms with Crippen molar-refractivity contribution in [2.24, 2.45) is 0 Å². The Kier molecular flexibility index (Phi) is 6.08. The lowest BCUT2D eigenvalue weighted by Crippen LogP contribution is -2.23. The molecule has 0 unspecified atom stereocenters. The van der Waals surface area contributed by atoms with Crippen LogP contribution in [0.15, 0.2) is 6.07 Å². The van der Waals surface area contributed by atoms with Crippen LogP contribution >= 0.6 is 0 Å². The summed E-state index contributed by atoms with van der Waals surface area (Å²) in [5.74, 6) is -6.92. The molecular weight excluding hydrogens is 262 g/mol. The molecule has 19 heavy (non-hydrogen) atoms. The zero-order chi connectivity index (χ0) is 14.4. The molecule has 0 spiro atoms. The highest BCUT2D eigenvalue weighted by molar-refractivity contribution is 5.28. The monoisotopic (exact) mass is 279 g/mol. The normalized spacial score (nSPS) is 11.1. The van der Waals surface area contributed by atoms with Crippen LogP contribution in [0, 0.1) is 23.3 Å². The van der Waals surface area contributed by atoms with Crippen LogP contribution in [0.2, 0.25) is 0 Å². The van der Waals surface area contributed by atoms with Gasteiger partial charge in [0, 0.05) is 12.1 Å². The molecule has 0 bridgehead atoms. The van der Waals surface area contributed by atoms with E-state index in [1.807, 2.05) is 13.8 Å². The highest BCUT2D eigenvalue weighted by Gasteiger charge is 2.20. The third-order valence-corrected chi connectivity index (χ3v) is 2.44. The SMILES string of the molecule is CC(C)NCCCCOc1c(F)c(F)cc(F)c1F. The smallest absolute Gasteiger partial charge is 0.203 e. The van der Waals surface area contributed by atoms with E-state index in [1.54, 1.807) is 0 Å². The van der Waals surface area contributed by atoms with Crippen LogP contribution in [-0.2, 0) is 0 Å². The molecule has 2 nitrogen and oxygen atoms in total. The summed E-state index contributed by atoms with van der Waals surface area (Å²) in [4.78, 5) is 0. The molecule has 0 saturated heterocycles. The van der Waals surface area contributed by atoms with Crippen LogP contribution in [0.5, 0.6) is 5.75 Å². The standard InChI is InChI=1S/C13H17F4NO/c1-8(2)18-5-3-4-6-19-13-11(16)9(14)7-10(15)12(13)17/h7-8,18H,3-6H2,1-2H3. The number of halogens is 4. The number of benzene rings is 1. The highest BCUT2D eigenvalue weighted by atomic mass is 19.2. The minimum absolute atomic E-state index is 0.00346. The van der Waals surface area contributed by atoms with Crippen LogP contribution in [0.25, 0.3) is 0 Å². The van der Waals surface area contributed by atoms with Gasteiger partial charge in [0.1, 0.15) is 0 Å². The van der Waals surface area contributed by atoms with Crippen molar-refractivity contribution in [1.82, 2.24) is 5.32 Å². The Morgan fingerprint density at radius 2 is 1.63 bits per heavy atom. The van der Waals surface area contributed by atoms with Gasteiger partial charge in [0.25, 0.3) is 0 Å². The summed E-state index contributed by atoms with van der Waals surface area (Å²) in [6.45, 7) is 4.73. The second-order valence-electron chi connectivity index (χ2n) is 4.46. The van der Waals surface area contributed by atoms with Gasteiger partial charge in [-0.3, -0.25) is 0 Å². The molecule has 6 heteroatoms. The molecule has 0 atom stereocenters. The molecule has 0 radical (unpaired) electrons. The predicted octanol–water partition coefficient (Wildman–Crippen LogP) is 3.40. The van der Waals surface area contributed by atoms with Crippen LogP contribution in [0.3, 0.4) is 0 Å². The number of hydrogen-bond acceptors (Lipinski definition) is 2. The van der Waals surface area contributed by atoms with Crippen molar-refractivity contribution < 1.29 is 22.3 Å². The molecule has 0 aliphatic carbocycles. The van der Waals surface area contributed by atoms with Gasteiger partial charge < -0.3 is 10.1 Å². The number of ether oxygens (including phenoxy) is 1. The second-order valence-corrected chi connectivity index (χ2v) is 4.46. The number of rotatable bonds is 7. The van der Waals surface area contributed by atoms with E-state index in [1.165, 1.54) is 0 Å².